The van der Waals surface area contributed by atoms with E-state index in [2.05, 4.69) is 24.1 Å². The Bertz CT molecular complexity index is 262. The average molecular weight is 147 g/mol. The molecule has 1 heterocycles. The molecule has 0 radical (unpaired) electrons. The molecule has 1 saturated carbocycles. The normalized spacial score (nSPS) is 40.8. The zero-order valence-corrected chi connectivity index (χ0v) is 6.88. The van der Waals surface area contributed by atoms with E-state index in [-0.39, 0.29) is 0 Å². The van der Waals surface area contributed by atoms with Crippen molar-refractivity contribution in [3.05, 3.63) is 23.3 Å². The molecule has 0 saturated heterocycles. The van der Waals surface area contributed by atoms with Crippen molar-refractivity contribution in [3.63, 3.8) is 0 Å². The zero-order valence-electron chi connectivity index (χ0n) is 6.88. The minimum Gasteiger partial charge on any atom is -0.292 e. The van der Waals surface area contributed by atoms with E-state index in [4.69, 9.17) is 0 Å². The number of hydrogen-bond donors (Lipinski definition) is 0. The summed E-state index contributed by atoms with van der Waals surface area (Å²) in [5.41, 5.74) is 3.39. The van der Waals surface area contributed by atoms with Crippen LogP contribution in [0.1, 0.15) is 19.3 Å². The third-order valence-corrected chi connectivity index (χ3v) is 3.27. The molecule has 0 bridgehead atoms. The third-order valence-electron chi connectivity index (χ3n) is 3.27. The van der Waals surface area contributed by atoms with Gasteiger partial charge < -0.3 is 0 Å². The summed E-state index contributed by atoms with van der Waals surface area (Å²) in [5, 5.41) is 0. The summed E-state index contributed by atoms with van der Waals surface area (Å²) in [4.78, 5) is 2.55. The topological polar surface area (TPSA) is 3.24 Å². The third kappa shape index (κ3) is 0.646. The molecule has 1 fully saturated rings. The SMILES string of the molecule is CN1C2CCC=CC2=C2CC21. The van der Waals surface area contributed by atoms with Crippen LogP contribution in [-0.2, 0) is 0 Å². The Morgan fingerprint density at radius 3 is 3.18 bits per heavy atom. The van der Waals surface area contributed by atoms with Crippen molar-refractivity contribution in [2.75, 3.05) is 7.05 Å². The fourth-order valence-electron chi connectivity index (χ4n) is 2.54. The van der Waals surface area contributed by atoms with Gasteiger partial charge in [-0.3, -0.25) is 4.90 Å². The summed E-state index contributed by atoms with van der Waals surface area (Å²) in [6, 6.07) is 1.63. The highest BCUT2D eigenvalue weighted by molar-refractivity contribution is 5.49. The highest BCUT2D eigenvalue weighted by Gasteiger charge is 2.46. The van der Waals surface area contributed by atoms with Gasteiger partial charge >= 0.3 is 0 Å². The first-order valence-electron chi connectivity index (χ1n) is 4.49. The molecule has 11 heavy (non-hydrogen) atoms. The first-order chi connectivity index (χ1) is 5.38. The number of likely N-dealkylation sites (N-methyl/N-ethyl adjacent to an activating group) is 1. The van der Waals surface area contributed by atoms with E-state index in [1.807, 2.05) is 0 Å². The first-order valence-corrected chi connectivity index (χ1v) is 4.49. The Kier molecular flexibility index (Phi) is 0.972. The van der Waals surface area contributed by atoms with E-state index in [0.717, 1.165) is 12.1 Å². The number of allylic oxidation sites excluding steroid dienone is 1. The van der Waals surface area contributed by atoms with E-state index >= 15 is 0 Å². The molecule has 0 amide bonds. The van der Waals surface area contributed by atoms with Crippen LogP contribution in [0.4, 0.5) is 0 Å². The highest BCUT2D eigenvalue weighted by atomic mass is 15.2. The molecule has 3 rings (SSSR count). The zero-order chi connectivity index (χ0) is 7.42. The first kappa shape index (κ1) is 6.01. The Morgan fingerprint density at radius 2 is 2.36 bits per heavy atom. The van der Waals surface area contributed by atoms with Gasteiger partial charge in [0.1, 0.15) is 0 Å². The monoisotopic (exact) mass is 147 g/mol. The van der Waals surface area contributed by atoms with E-state index in [1.165, 1.54) is 19.3 Å². The predicted octanol–water partition coefficient (Wildman–Crippen LogP) is 1.72. The predicted molar refractivity (Wildman–Crippen MR) is 45.4 cm³/mol. The summed E-state index contributed by atoms with van der Waals surface area (Å²) in [6.07, 6.45) is 8.66. The number of hydrogen-bond acceptors (Lipinski definition) is 1. The van der Waals surface area contributed by atoms with Crippen molar-refractivity contribution in [1.82, 2.24) is 4.90 Å². The van der Waals surface area contributed by atoms with Crippen molar-refractivity contribution >= 4 is 0 Å². The summed E-state index contributed by atoms with van der Waals surface area (Å²) in [5.74, 6) is 0. The van der Waals surface area contributed by atoms with Crippen LogP contribution in [0, 0.1) is 0 Å². The average Bonchev–Trinajstić information content (AvgIpc) is 2.78. The highest BCUT2D eigenvalue weighted by Crippen LogP contribution is 2.48. The van der Waals surface area contributed by atoms with Crippen LogP contribution in [0.25, 0.3) is 0 Å². The van der Waals surface area contributed by atoms with Crippen LogP contribution < -0.4 is 0 Å². The van der Waals surface area contributed by atoms with Gasteiger partial charge in [0.05, 0.1) is 0 Å². The van der Waals surface area contributed by atoms with Crippen LogP contribution in [-0.4, -0.2) is 24.0 Å². The molecule has 0 aromatic heterocycles. The Balaban J connectivity index is 2.06. The van der Waals surface area contributed by atoms with E-state index < -0.39 is 0 Å². The summed E-state index contributed by atoms with van der Waals surface area (Å²) in [6.45, 7) is 0. The van der Waals surface area contributed by atoms with Gasteiger partial charge in [-0.1, -0.05) is 12.2 Å². The minimum absolute atomic E-state index is 0.786. The lowest BCUT2D eigenvalue weighted by atomic mass is 9.96. The van der Waals surface area contributed by atoms with Crippen molar-refractivity contribution in [3.8, 4) is 0 Å². The van der Waals surface area contributed by atoms with E-state index in [1.54, 1.807) is 11.1 Å². The summed E-state index contributed by atoms with van der Waals surface area (Å²) < 4.78 is 0. The van der Waals surface area contributed by atoms with Crippen molar-refractivity contribution in [2.45, 2.75) is 31.3 Å². The van der Waals surface area contributed by atoms with Crippen LogP contribution in [0.3, 0.4) is 0 Å². The van der Waals surface area contributed by atoms with Crippen LogP contribution in [0.5, 0.6) is 0 Å². The summed E-state index contributed by atoms with van der Waals surface area (Å²) in [7, 11) is 2.27. The van der Waals surface area contributed by atoms with Gasteiger partial charge in [0.15, 0.2) is 0 Å². The lowest BCUT2D eigenvalue weighted by Gasteiger charge is -2.26. The molecule has 58 valence electrons. The second-order valence-electron chi connectivity index (χ2n) is 3.86. The smallest absolute Gasteiger partial charge is 0.0355 e. The fourth-order valence-corrected chi connectivity index (χ4v) is 2.54. The molecule has 1 heteroatoms. The molecule has 0 N–H and O–H groups in total. The molecule has 0 aromatic rings. The van der Waals surface area contributed by atoms with Gasteiger partial charge in [0, 0.05) is 12.1 Å². The van der Waals surface area contributed by atoms with Gasteiger partial charge in [0.2, 0.25) is 0 Å². The van der Waals surface area contributed by atoms with Crippen molar-refractivity contribution in [1.29, 1.82) is 0 Å². The van der Waals surface area contributed by atoms with Crippen molar-refractivity contribution < 1.29 is 0 Å². The lowest BCUT2D eigenvalue weighted by Crippen LogP contribution is -2.31. The number of nitrogens with zero attached hydrogens (tertiary/aromatic N) is 1. The number of fused-ring (bicyclic) bond motifs is 2. The Labute approximate surface area is 67.4 Å². The molecule has 1 nitrogen and oxygen atoms in total. The maximum absolute atomic E-state index is 2.55. The standard InChI is InChI=1S/C10H13N/c1-11-9-5-3-2-4-7(9)8-6-10(8)11/h2,4,9-10H,3,5-6H2,1H3. The summed E-state index contributed by atoms with van der Waals surface area (Å²) >= 11 is 0. The van der Waals surface area contributed by atoms with Crippen LogP contribution in [0.15, 0.2) is 23.3 Å². The van der Waals surface area contributed by atoms with E-state index in [9.17, 15) is 0 Å². The Morgan fingerprint density at radius 1 is 1.45 bits per heavy atom. The van der Waals surface area contributed by atoms with Crippen LogP contribution >= 0.6 is 0 Å². The number of rotatable bonds is 0. The van der Waals surface area contributed by atoms with Crippen LogP contribution in [0.2, 0.25) is 0 Å². The fraction of sp³-hybridized carbons (Fsp3) is 0.600. The molecular weight excluding hydrogens is 134 g/mol. The molecular formula is C10H13N. The van der Waals surface area contributed by atoms with Gasteiger partial charge in [-0.2, -0.15) is 0 Å². The van der Waals surface area contributed by atoms with Gasteiger partial charge in [-0.25, -0.2) is 0 Å². The second-order valence-corrected chi connectivity index (χ2v) is 3.86. The maximum atomic E-state index is 2.55. The molecule has 2 atom stereocenters. The molecule has 2 unspecified atom stereocenters. The molecule has 0 aromatic carbocycles. The largest absolute Gasteiger partial charge is 0.292 e. The Hall–Kier alpha value is -0.560. The van der Waals surface area contributed by atoms with Gasteiger partial charge in [0.25, 0.3) is 0 Å². The maximum Gasteiger partial charge on any atom is 0.0355 e. The lowest BCUT2D eigenvalue weighted by molar-refractivity contribution is 0.274. The van der Waals surface area contributed by atoms with E-state index in [0.29, 0.717) is 0 Å². The molecule has 3 aliphatic rings. The molecule has 2 aliphatic carbocycles. The second kappa shape index (κ2) is 1.78. The van der Waals surface area contributed by atoms with Crippen molar-refractivity contribution in [2.24, 2.45) is 0 Å². The van der Waals surface area contributed by atoms with Gasteiger partial charge in [-0.15, -0.1) is 0 Å². The molecule has 0 spiro atoms. The quantitative estimate of drug-likeness (QED) is 0.504. The van der Waals surface area contributed by atoms with Gasteiger partial charge in [-0.05, 0) is 37.5 Å². The minimum atomic E-state index is 0.786. The molecule has 1 aliphatic heterocycles.